The smallest absolute Gasteiger partial charge is 0.228 e. The number of benzene rings is 1. The average molecular weight is 319 g/mol. The minimum absolute atomic E-state index is 0. The third-order valence-electron chi connectivity index (χ3n) is 3.33. The molecule has 1 atom stereocenters. The fourth-order valence-electron chi connectivity index (χ4n) is 2.21. The molecule has 0 bridgehead atoms. The molecule has 0 aliphatic carbocycles. The molecule has 20 heavy (non-hydrogen) atoms. The van der Waals surface area contributed by atoms with Gasteiger partial charge in [0.05, 0.1) is 5.69 Å². The summed E-state index contributed by atoms with van der Waals surface area (Å²) >= 11 is 1.61. The molecule has 0 saturated carbocycles. The molecule has 1 aromatic carbocycles. The number of halogens is 2. The highest BCUT2D eigenvalue weighted by Gasteiger charge is 2.19. The van der Waals surface area contributed by atoms with Crippen molar-refractivity contribution in [2.24, 2.45) is 5.92 Å². The van der Waals surface area contributed by atoms with Crippen LogP contribution < -0.4 is 10.6 Å². The molecule has 0 radical (unpaired) electrons. The van der Waals surface area contributed by atoms with Crippen molar-refractivity contribution in [3.63, 3.8) is 0 Å². The van der Waals surface area contributed by atoms with E-state index in [4.69, 9.17) is 0 Å². The van der Waals surface area contributed by atoms with E-state index in [1.165, 1.54) is 0 Å². The summed E-state index contributed by atoms with van der Waals surface area (Å²) in [6.45, 7) is 3.33. The van der Waals surface area contributed by atoms with Crippen molar-refractivity contribution in [3.8, 4) is 0 Å². The Morgan fingerprint density at radius 1 is 1.55 bits per heavy atom. The highest BCUT2D eigenvalue weighted by Crippen LogP contribution is 2.25. The second kappa shape index (κ2) is 7.86. The van der Waals surface area contributed by atoms with Crippen LogP contribution in [0.5, 0.6) is 0 Å². The van der Waals surface area contributed by atoms with Crippen molar-refractivity contribution in [3.05, 3.63) is 29.1 Å². The molecule has 1 aromatic rings. The molecule has 0 fully saturated rings. The first kappa shape index (κ1) is 17.3. The van der Waals surface area contributed by atoms with Crippen LogP contribution >= 0.6 is 24.2 Å². The Hall–Kier alpha value is -0.780. The highest BCUT2D eigenvalue weighted by atomic mass is 35.5. The lowest BCUT2D eigenvalue weighted by atomic mass is 9.99. The molecule has 0 aromatic heterocycles. The molecule has 1 aliphatic rings. The molecule has 1 amide bonds. The summed E-state index contributed by atoms with van der Waals surface area (Å²) in [5, 5.41) is 5.90. The number of hydrogen-bond acceptors (Lipinski definition) is 3. The molecule has 1 unspecified atom stereocenters. The van der Waals surface area contributed by atoms with Crippen LogP contribution in [0.3, 0.4) is 0 Å². The van der Waals surface area contributed by atoms with Gasteiger partial charge >= 0.3 is 0 Å². The number of thioether (sulfide) groups is 1. The minimum atomic E-state index is -0.274. The van der Waals surface area contributed by atoms with E-state index in [-0.39, 0.29) is 30.0 Å². The summed E-state index contributed by atoms with van der Waals surface area (Å²) in [5.41, 5.74) is 2.02. The van der Waals surface area contributed by atoms with Crippen LogP contribution in [-0.4, -0.2) is 24.5 Å². The quantitative estimate of drug-likeness (QED) is 0.897. The third-order valence-corrected chi connectivity index (χ3v) is 4.16. The summed E-state index contributed by atoms with van der Waals surface area (Å²) in [5.74, 6) is 0.223. The molecule has 0 saturated heterocycles. The van der Waals surface area contributed by atoms with Crippen molar-refractivity contribution >= 4 is 35.8 Å². The van der Waals surface area contributed by atoms with Crippen LogP contribution in [0.4, 0.5) is 10.1 Å². The van der Waals surface area contributed by atoms with Gasteiger partial charge in [-0.25, -0.2) is 4.39 Å². The Bertz CT molecular complexity index is 484. The normalized spacial score (nSPS) is 14.9. The van der Waals surface area contributed by atoms with Gasteiger partial charge in [-0.15, -0.1) is 12.4 Å². The Kier molecular flexibility index (Phi) is 6.79. The molecule has 6 heteroatoms. The van der Waals surface area contributed by atoms with E-state index >= 15 is 0 Å². The first-order valence-electron chi connectivity index (χ1n) is 6.44. The third kappa shape index (κ3) is 3.87. The van der Waals surface area contributed by atoms with Gasteiger partial charge in [0, 0.05) is 18.2 Å². The fourth-order valence-corrected chi connectivity index (χ4v) is 2.86. The van der Waals surface area contributed by atoms with Crippen LogP contribution in [-0.2, 0) is 17.8 Å². The van der Waals surface area contributed by atoms with E-state index < -0.39 is 0 Å². The van der Waals surface area contributed by atoms with Crippen molar-refractivity contribution in [1.82, 2.24) is 5.32 Å². The summed E-state index contributed by atoms with van der Waals surface area (Å²) in [6.07, 6.45) is 2.63. The largest absolute Gasteiger partial charge is 0.323 e. The fraction of sp³-hybridized carbons (Fsp3) is 0.500. The Morgan fingerprint density at radius 3 is 3.00 bits per heavy atom. The number of fused-ring (bicyclic) bond motifs is 1. The van der Waals surface area contributed by atoms with E-state index in [0.717, 1.165) is 23.4 Å². The first-order chi connectivity index (χ1) is 9.13. The lowest BCUT2D eigenvalue weighted by Gasteiger charge is -2.20. The predicted octanol–water partition coefficient (Wildman–Crippen LogP) is 2.83. The topological polar surface area (TPSA) is 41.1 Å². The van der Waals surface area contributed by atoms with Crippen LogP contribution in [0.1, 0.15) is 18.1 Å². The van der Waals surface area contributed by atoms with Gasteiger partial charge < -0.3 is 10.6 Å². The summed E-state index contributed by atoms with van der Waals surface area (Å²) < 4.78 is 14.3. The van der Waals surface area contributed by atoms with Gasteiger partial charge in [-0.3, -0.25) is 4.79 Å². The minimum Gasteiger partial charge on any atom is -0.323 e. The van der Waals surface area contributed by atoms with Crippen molar-refractivity contribution in [2.75, 3.05) is 23.9 Å². The highest BCUT2D eigenvalue weighted by molar-refractivity contribution is 7.98. The molecule has 0 spiro atoms. The van der Waals surface area contributed by atoms with Gasteiger partial charge in [-0.05, 0) is 36.4 Å². The molecule has 112 valence electrons. The number of carbonyl (C=O) groups excluding carboxylic acids is 1. The maximum Gasteiger partial charge on any atom is 0.228 e. The van der Waals surface area contributed by atoms with Gasteiger partial charge in [0.1, 0.15) is 5.82 Å². The summed E-state index contributed by atoms with van der Waals surface area (Å²) in [6, 6.07) is 3.55. The number of rotatable bonds is 4. The molecular formula is C14H20ClFN2OS. The molecule has 1 aliphatic heterocycles. The number of amides is 1. The molecular weight excluding hydrogens is 299 g/mol. The van der Waals surface area contributed by atoms with Gasteiger partial charge in [0.2, 0.25) is 5.91 Å². The Balaban J connectivity index is 0.00000200. The van der Waals surface area contributed by atoms with Crippen molar-refractivity contribution < 1.29 is 9.18 Å². The average Bonchev–Trinajstić information content (AvgIpc) is 2.42. The number of hydrogen-bond donors (Lipinski definition) is 2. The van der Waals surface area contributed by atoms with E-state index in [1.807, 2.05) is 19.2 Å². The monoisotopic (exact) mass is 318 g/mol. The molecule has 2 N–H and O–H groups in total. The Labute approximate surface area is 129 Å². The van der Waals surface area contributed by atoms with E-state index in [9.17, 15) is 9.18 Å². The number of carbonyl (C=O) groups is 1. The second-order valence-corrected chi connectivity index (χ2v) is 5.75. The molecule has 2 rings (SSSR count). The maximum absolute atomic E-state index is 14.3. The zero-order valence-corrected chi connectivity index (χ0v) is 13.3. The second-order valence-electron chi connectivity index (χ2n) is 4.84. The van der Waals surface area contributed by atoms with Gasteiger partial charge in [-0.1, -0.05) is 13.0 Å². The van der Waals surface area contributed by atoms with E-state index in [1.54, 1.807) is 17.8 Å². The number of anilines is 1. The zero-order chi connectivity index (χ0) is 13.8. The summed E-state index contributed by atoms with van der Waals surface area (Å²) in [4.78, 5) is 11.9. The van der Waals surface area contributed by atoms with Crippen LogP contribution in [0.2, 0.25) is 0 Å². The summed E-state index contributed by atoms with van der Waals surface area (Å²) in [7, 11) is 0. The predicted molar refractivity (Wildman–Crippen MR) is 85.2 cm³/mol. The number of nitrogens with one attached hydrogen (secondary N) is 2. The van der Waals surface area contributed by atoms with Gasteiger partial charge in [0.15, 0.2) is 0 Å². The van der Waals surface area contributed by atoms with Crippen LogP contribution in [0.25, 0.3) is 0 Å². The SMILES string of the molecule is CSCC(C)C(=O)Nc1ccc2c(c1F)CCNC2.Cl. The van der Waals surface area contributed by atoms with Gasteiger partial charge in [0.25, 0.3) is 0 Å². The lowest BCUT2D eigenvalue weighted by Crippen LogP contribution is -2.26. The van der Waals surface area contributed by atoms with E-state index in [2.05, 4.69) is 10.6 Å². The standard InChI is InChI=1S/C14H19FN2OS.ClH/c1-9(8-19-2)14(18)17-12-4-3-10-7-16-6-5-11(10)13(12)15;/h3-4,9,16H,5-8H2,1-2H3,(H,17,18);1H. The zero-order valence-electron chi connectivity index (χ0n) is 11.7. The molecule has 3 nitrogen and oxygen atoms in total. The van der Waals surface area contributed by atoms with Crippen molar-refractivity contribution in [2.45, 2.75) is 19.9 Å². The van der Waals surface area contributed by atoms with Gasteiger partial charge in [-0.2, -0.15) is 11.8 Å². The van der Waals surface area contributed by atoms with E-state index in [0.29, 0.717) is 18.7 Å². The first-order valence-corrected chi connectivity index (χ1v) is 7.83. The lowest BCUT2D eigenvalue weighted by molar-refractivity contribution is -0.118. The Morgan fingerprint density at radius 2 is 2.30 bits per heavy atom. The van der Waals surface area contributed by atoms with Crippen molar-refractivity contribution in [1.29, 1.82) is 0 Å². The van der Waals surface area contributed by atoms with Crippen LogP contribution in [0.15, 0.2) is 12.1 Å². The molecule has 1 heterocycles. The van der Waals surface area contributed by atoms with Crippen LogP contribution in [0, 0.1) is 11.7 Å². The maximum atomic E-state index is 14.3.